The molecule has 9 nitrogen and oxygen atoms in total. The average Bonchev–Trinajstić information content (AvgIpc) is 2.87. The maximum Gasteiger partial charge on any atom is 0.263 e. The first kappa shape index (κ1) is 28.3. The second-order valence-corrected chi connectivity index (χ2v) is 8.79. The monoisotopic (exact) mass is 548 g/mol. The highest BCUT2D eigenvalue weighted by Gasteiger charge is 2.29. The number of anilines is 1. The molecule has 0 saturated carbocycles. The van der Waals surface area contributed by atoms with E-state index in [1.54, 1.807) is 34.9 Å². The molecule has 0 unspecified atom stereocenters. The number of alkyl halides is 1. The average molecular weight is 549 g/mol. The highest BCUT2D eigenvalue weighted by molar-refractivity contribution is 5.94. The maximum atomic E-state index is 15.0. The lowest BCUT2D eigenvalue weighted by atomic mass is 10.0. The summed E-state index contributed by atoms with van der Waals surface area (Å²) in [6, 6.07) is 13.9. The summed E-state index contributed by atoms with van der Waals surface area (Å²) >= 11 is 0. The van der Waals surface area contributed by atoms with Crippen molar-refractivity contribution >= 4 is 47.4 Å². The highest BCUT2D eigenvalue weighted by atomic mass is 35.5. The zero-order valence-electron chi connectivity index (χ0n) is 19.9. The molecule has 4 heterocycles. The summed E-state index contributed by atoms with van der Waals surface area (Å²) in [5, 5.41) is 16.0. The van der Waals surface area contributed by atoms with Crippen LogP contribution >= 0.6 is 24.8 Å². The molecular formula is C25H27Cl2FN6O3. The van der Waals surface area contributed by atoms with Crippen LogP contribution in [-0.4, -0.2) is 58.8 Å². The van der Waals surface area contributed by atoms with E-state index < -0.39 is 6.17 Å². The predicted octanol–water partition coefficient (Wildman–Crippen LogP) is 2.64. The molecule has 1 amide bonds. The van der Waals surface area contributed by atoms with Crippen LogP contribution in [0.1, 0.15) is 17.7 Å². The normalized spacial score (nSPS) is 19.0. The van der Waals surface area contributed by atoms with Crippen LogP contribution in [0, 0.1) is 11.3 Å². The van der Waals surface area contributed by atoms with Crippen molar-refractivity contribution in [1.82, 2.24) is 19.8 Å². The third kappa shape index (κ3) is 6.37. The van der Waals surface area contributed by atoms with E-state index in [2.05, 4.69) is 21.7 Å². The van der Waals surface area contributed by atoms with Crippen LogP contribution in [-0.2, 0) is 17.9 Å². The van der Waals surface area contributed by atoms with Crippen molar-refractivity contribution in [2.45, 2.75) is 31.7 Å². The number of piperidine rings is 1. The third-order valence-corrected chi connectivity index (χ3v) is 6.47. The van der Waals surface area contributed by atoms with Gasteiger partial charge in [0.05, 0.1) is 22.8 Å². The summed E-state index contributed by atoms with van der Waals surface area (Å²) < 4.78 is 21.9. The molecular weight excluding hydrogens is 522 g/mol. The minimum atomic E-state index is -1.07. The first-order valence-electron chi connectivity index (χ1n) is 11.6. The van der Waals surface area contributed by atoms with Gasteiger partial charge in [0, 0.05) is 38.3 Å². The van der Waals surface area contributed by atoms with E-state index in [4.69, 9.17) is 4.74 Å². The molecule has 2 N–H and O–H groups in total. The molecule has 1 fully saturated rings. The zero-order valence-corrected chi connectivity index (χ0v) is 21.5. The van der Waals surface area contributed by atoms with Gasteiger partial charge in [-0.25, -0.2) is 9.37 Å². The van der Waals surface area contributed by atoms with Crippen molar-refractivity contribution in [1.29, 1.82) is 5.26 Å². The van der Waals surface area contributed by atoms with Crippen molar-refractivity contribution in [3.8, 4) is 11.8 Å². The van der Waals surface area contributed by atoms with Gasteiger partial charge < -0.3 is 19.9 Å². The smallest absolute Gasteiger partial charge is 0.263 e. The van der Waals surface area contributed by atoms with Crippen molar-refractivity contribution in [3.63, 3.8) is 0 Å². The third-order valence-electron chi connectivity index (χ3n) is 6.47. The quantitative estimate of drug-likeness (QED) is 0.486. The first-order chi connectivity index (χ1) is 17.0. The lowest BCUT2D eigenvalue weighted by molar-refractivity contribution is -0.118. The van der Waals surface area contributed by atoms with E-state index in [0.29, 0.717) is 60.9 Å². The molecule has 2 atom stereocenters. The van der Waals surface area contributed by atoms with Crippen LogP contribution in [0.2, 0.25) is 0 Å². The number of carbonyl (C=O) groups excluding carboxylic acids is 1. The van der Waals surface area contributed by atoms with E-state index in [9.17, 15) is 19.2 Å². The van der Waals surface area contributed by atoms with Gasteiger partial charge in [-0.1, -0.05) is 6.07 Å². The van der Waals surface area contributed by atoms with E-state index in [1.165, 1.54) is 6.07 Å². The van der Waals surface area contributed by atoms with Crippen molar-refractivity contribution in [3.05, 3.63) is 64.1 Å². The Morgan fingerprint density at radius 2 is 1.97 bits per heavy atom. The molecule has 196 valence electrons. The summed E-state index contributed by atoms with van der Waals surface area (Å²) in [4.78, 5) is 30.4. The van der Waals surface area contributed by atoms with Crippen molar-refractivity contribution < 1.29 is 13.9 Å². The number of fused-ring (bicyclic) bond motifs is 2. The molecule has 1 saturated heterocycles. The number of nitriles is 1. The number of hydrogen-bond donors (Lipinski definition) is 2. The Morgan fingerprint density at radius 1 is 1.16 bits per heavy atom. The molecule has 0 aliphatic carbocycles. The van der Waals surface area contributed by atoms with Gasteiger partial charge in [0.1, 0.15) is 6.17 Å². The van der Waals surface area contributed by atoms with Crippen molar-refractivity contribution in [2.75, 3.05) is 31.6 Å². The Hall–Kier alpha value is -3.23. The van der Waals surface area contributed by atoms with Gasteiger partial charge in [0.25, 0.3) is 11.5 Å². The SMILES string of the molecule is Cl.Cl.N#Cc1ccc2ccc(=O)n(CCN3CC[C@H](NCc4ccc5c(n4)NC(=O)CO5)[C@H](F)C3)c2c1. The molecule has 12 heteroatoms. The number of hydrogen-bond acceptors (Lipinski definition) is 7. The van der Waals surface area contributed by atoms with Crippen LogP contribution in [0.15, 0.2) is 47.3 Å². The van der Waals surface area contributed by atoms with Gasteiger partial charge in [0.15, 0.2) is 18.2 Å². The second kappa shape index (κ2) is 12.3. The van der Waals surface area contributed by atoms with E-state index in [-0.39, 0.29) is 55.5 Å². The largest absolute Gasteiger partial charge is 0.480 e. The van der Waals surface area contributed by atoms with Crippen LogP contribution in [0.25, 0.3) is 10.9 Å². The number of halogens is 3. The van der Waals surface area contributed by atoms with E-state index in [0.717, 1.165) is 5.39 Å². The number of benzene rings is 1. The number of carbonyl (C=O) groups is 1. The predicted molar refractivity (Wildman–Crippen MR) is 142 cm³/mol. The van der Waals surface area contributed by atoms with Gasteiger partial charge >= 0.3 is 0 Å². The number of ether oxygens (including phenoxy) is 1. The standard InChI is InChI=1S/C25H25FN6O3.2ClH/c26-19-14-31(9-10-32-21-11-16(12-27)1-2-17(21)3-6-24(32)34)8-7-20(19)28-13-18-4-5-22-25(29-18)30-23(33)15-35-22;;/h1-6,11,19-20,28H,7-10,13-15H2,(H,29,30,33);2*1H/t19-,20+;;/m1../s1. The fraction of sp³-hybridized carbons (Fsp3) is 0.360. The summed E-state index contributed by atoms with van der Waals surface area (Å²) in [6.07, 6.45) is -0.451. The first-order valence-corrected chi connectivity index (χ1v) is 11.6. The van der Waals surface area contributed by atoms with Gasteiger partial charge in [0.2, 0.25) is 0 Å². The molecule has 1 aromatic carbocycles. The van der Waals surface area contributed by atoms with Crippen LogP contribution in [0.5, 0.6) is 5.75 Å². The molecule has 37 heavy (non-hydrogen) atoms. The lowest BCUT2D eigenvalue weighted by Crippen LogP contribution is -2.51. The van der Waals surface area contributed by atoms with Gasteiger partial charge in [-0.15, -0.1) is 24.8 Å². The van der Waals surface area contributed by atoms with Gasteiger partial charge in [-0.05, 0) is 48.7 Å². The number of nitrogens with zero attached hydrogens (tertiary/aromatic N) is 4. The summed E-state index contributed by atoms with van der Waals surface area (Å²) in [5.41, 5.74) is 1.76. The number of amides is 1. The molecule has 0 radical (unpaired) electrons. The Kier molecular flexibility index (Phi) is 9.45. The van der Waals surface area contributed by atoms with Gasteiger partial charge in [-0.3, -0.25) is 14.5 Å². The Morgan fingerprint density at radius 3 is 2.76 bits per heavy atom. The molecule has 3 aromatic rings. The molecule has 0 spiro atoms. The zero-order chi connectivity index (χ0) is 24.4. The summed E-state index contributed by atoms with van der Waals surface area (Å²) in [7, 11) is 0. The molecule has 2 aliphatic heterocycles. The summed E-state index contributed by atoms with van der Waals surface area (Å²) in [6.45, 7) is 2.27. The number of rotatable bonds is 6. The number of aromatic nitrogens is 2. The highest BCUT2D eigenvalue weighted by Crippen LogP contribution is 2.25. The number of nitrogens with one attached hydrogen (secondary N) is 2. The second-order valence-electron chi connectivity index (χ2n) is 8.79. The molecule has 5 rings (SSSR count). The van der Waals surface area contributed by atoms with Gasteiger partial charge in [-0.2, -0.15) is 5.26 Å². The topological polar surface area (TPSA) is 112 Å². The minimum absolute atomic E-state index is 0. The number of likely N-dealkylation sites (tertiary alicyclic amines) is 1. The lowest BCUT2D eigenvalue weighted by Gasteiger charge is -2.35. The summed E-state index contributed by atoms with van der Waals surface area (Å²) in [5.74, 6) is 0.666. The molecule has 2 aliphatic rings. The Bertz CT molecular complexity index is 1380. The van der Waals surface area contributed by atoms with Crippen molar-refractivity contribution in [2.24, 2.45) is 0 Å². The maximum absolute atomic E-state index is 15.0. The minimum Gasteiger partial charge on any atom is -0.480 e. The Labute approximate surface area is 225 Å². The van der Waals surface area contributed by atoms with E-state index >= 15 is 0 Å². The number of pyridine rings is 2. The van der Waals surface area contributed by atoms with Crippen LogP contribution < -0.4 is 20.9 Å². The molecule has 0 bridgehead atoms. The molecule has 2 aromatic heterocycles. The fourth-order valence-corrected chi connectivity index (χ4v) is 4.57. The van der Waals surface area contributed by atoms with Crippen LogP contribution in [0.4, 0.5) is 10.2 Å². The Balaban J connectivity index is 0.00000190. The van der Waals surface area contributed by atoms with Crippen LogP contribution in [0.3, 0.4) is 0 Å². The fourth-order valence-electron chi connectivity index (χ4n) is 4.57. The van der Waals surface area contributed by atoms with E-state index in [1.807, 2.05) is 11.0 Å².